The summed E-state index contributed by atoms with van der Waals surface area (Å²) in [5.41, 5.74) is 0.341. The molecule has 24 nitrogen and oxygen atoms in total. The van der Waals surface area contributed by atoms with Crippen LogP contribution in [0.5, 0.6) is 0 Å². The van der Waals surface area contributed by atoms with Crippen LogP contribution in [-0.4, -0.2) is 148 Å². The summed E-state index contributed by atoms with van der Waals surface area (Å²) in [6.45, 7) is 50.2. The van der Waals surface area contributed by atoms with Crippen LogP contribution >= 0.6 is 0 Å². The van der Waals surface area contributed by atoms with Crippen LogP contribution < -0.4 is 0 Å². The van der Waals surface area contributed by atoms with Gasteiger partial charge in [0.1, 0.15) is 92.3 Å². The molecule has 0 aromatic carbocycles. The Morgan fingerprint density at radius 1 is 0.367 bits per heavy atom. The molecule has 8 aliphatic heterocycles. The number of hydrogen-bond acceptors (Lipinski definition) is 24. The molecule has 0 fully saturated rings. The van der Waals surface area contributed by atoms with Crippen molar-refractivity contribution in [2.45, 2.75) is 163 Å². The molecule has 0 spiro atoms. The third kappa shape index (κ3) is 32.2. The van der Waals surface area contributed by atoms with E-state index in [0.29, 0.717) is 98.6 Å². The molecular weight excluding hydrogens is 1270 g/mol. The van der Waals surface area contributed by atoms with E-state index >= 15 is 0 Å². The minimum absolute atomic E-state index is 0.0694. The summed E-state index contributed by atoms with van der Waals surface area (Å²) in [4.78, 5) is 86.7. The third-order valence-corrected chi connectivity index (χ3v) is 13.1. The predicted molar refractivity (Wildman–Crippen MR) is 365 cm³/mol. The highest BCUT2D eigenvalue weighted by Crippen LogP contribution is 2.29. The first-order valence-electron chi connectivity index (χ1n) is 32.2. The van der Waals surface area contributed by atoms with Crippen LogP contribution in [0.25, 0.3) is 0 Å². The highest BCUT2D eigenvalue weighted by Gasteiger charge is 2.36. The Morgan fingerprint density at radius 3 is 0.898 bits per heavy atom. The van der Waals surface area contributed by atoms with Crippen molar-refractivity contribution >= 4 is 47.8 Å². The van der Waals surface area contributed by atoms with E-state index in [1.165, 1.54) is 42.5 Å². The fraction of sp³-hybridized carbons (Fsp3) is 0.459. The molecule has 8 atom stereocenters. The van der Waals surface area contributed by atoms with Crippen LogP contribution in [0.1, 0.15) is 114 Å². The van der Waals surface area contributed by atoms with Gasteiger partial charge < -0.3 is 76.2 Å². The van der Waals surface area contributed by atoms with Gasteiger partial charge in [0.25, 0.3) is 0 Å². The van der Waals surface area contributed by atoms with E-state index in [0.717, 1.165) is 38.5 Å². The number of rotatable bonds is 31. The Balaban J connectivity index is 0.000000560. The molecular formula is C74H100O24. The molecule has 8 rings (SSSR count). The van der Waals surface area contributed by atoms with Crippen molar-refractivity contribution in [3.05, 3.63) is 195 Å². The number of esters is 8. The zero-order chi connectivity index (χ0) is 73.7. The zero-order valence-corrected chi connectivity index (χ0v) is 58.3. The molecule has 0 aromatic heterocycles. The Labute approximate surface area is 576 Å². The lowest BCUT2D eigenvalue weighted by atomic mass is 10.0. The molecule has 0 amide bonds. The van der Waals surface area contributed by atoms with Crippen LogP contribution in [0.3, 0.4) is 0 Å². The highest BCUT2D eigenvalue weighted by molar-refractivity contribution is 5.92. The second kappa shape index (κ2) is 48.7. The largest absolute Gasteiger partial charge is 0.508 e. The Hall–Kier alpha value is -10.0. The van der Waals surface area contributed by atoms with Gasteiger partial charge in [-0.05, 0) is 51.4 Å². The maximum absolute atomic E-state index is 11.2. The molecule has 98 heavy (non-hydrogen) atoms. The fourth-order valence-electron chi connectivity index (χ4n) is 8.51. The molecule has 0 saturated heterocycles. The lowest BCUT2D eigenvalue weighted by Gasteiger charge is -2.17. The first-order chi connectivity index (χ1) is 46.8. The summed E-state index contributed by atoms with van der Waals surface area (Å²) in [6, 6.07) is 0. The van der Waals surface area contributed by atoms with Gasteiger partial charge in [0, 0.05) is 6.42 Å². The Morgan fingerprint density at radius 2 is 0.633 bits per heavy atom. The zero-order valence-electron chi connectivity index (χ0n) is 58.3. The topological polar surface area (TPSA) is 295 Å². The second-order valence-electron chi connectivity index (χ2n) is 21.8. The quantitative estimate of drug-likeness (QED) is 0.0383. The fourth-order valence-corrected chi connectivity index (χ4v) is 8.51. The highest BCUT2D eigenvalue weighted by atomic mass is 16.6. The van der Waals surface area contributed by atoms with E-state index in [9.17, 15) is 43.5 Å². The number of allylic oxidation sites excluding steroid dienone is 1. The SMILES string of the molecule is C=CCC1=C(O)[C@H](C(C)C)OC1=O.C=CCOC1=CC(=O)O[C@@H]1C.C=CCOC1=CC(=O)O[C@@H]1C(C)C.C=CCOC1=CC(=O)O[C@@H]1CC.C=CCOC1=CC(=O)O[C@@H]1CCC.C=CCOC1=CC(=O)O[C@H]1C.C=CCOC1=CC(=O)O[C@H]1CC.C=CCOC1=CC(=O)O[C@H]1CCC. The second-order valence-corrected chi connectivity index (χ2v) is 21.8. The molecule has 0 saturated carbocycles. The van der Waals surface area contributed by atoms with Gasteiger partial charge in [-0.3, -0.25) is 0 Å². The normalized spacial score (nSPS) is 21.7. The number of ether oxygens (including phenoxy) is 15. The van der Waals surface area contributed by atoms with Crippen molar-refractivity contribution in [2.24, 2.45) is 11.8 Å². The summed E-state index contributed by atoms with van der Waals surface area (Å²) in [5, 5.41) is 9.61. The minimum atomic E-state index is -0.470. The van der Waals surface area contributed by atoms with E-state index in [-0.39, 0.29) is 102 Å². The minimum Gasteiger partial charge on any atom is -0.508 e. The van der Waals surface area contributed by atoms with Crippen molar-refractivity contribution in [1.29, 1.82) is 0 Å². The maximum Gasteiger partial charge on any atom is 0.338 e. The monoisotopic (exact) mass is 1370 g/mol. The predicted octanol–water partition coefficient (Wildman–Crippen LogP) is 12.1. The van der Waals surface area contributed by atoms with Gasteiger partial charge in [-0.1, -0.05) is 163 Å². The first kappa shape index (κ1) is 86.0. The lowest BCUT2D eigenvalue weighted by Crippen LogP contribution is -2.20. The van der Waals surface area contributed by atoms with Crippen molar-refractivity contribution in [3.63, 3.8) is 0 Å². The molecule has 540 valence electrons. The smallest absolute Gasteiger partial charge is 0.338 e. The van der Waals surface area contributed by atoms with Crippen molar-refractivity contribution in [1.82, 2.24) is 0 Å². The summed E-state index contributed by atoms with van der Waals surface area (Å²) in [5.74, 6) is 2.00. The van der Waals surface area contributed by atoms with E-state index in [2.05, 4.69) is 52.6 Å². The van der Waals surface area contributed by atoms with E-state index in [4.69, 9.17) is 71.1 Å². The summed E-state index contributed by atoms with van der Waals surface area (Å²) < 4.78 is 76.1. The molecule has 0 radical (unpaired) electrons. The molecule has 0 aliphatic carbocycles. The summed E-state index contributed by atoms with van der Waals surface area (Å²) in [7, 11) is 0. The number of aliphatic hydroxyl groups is 1. The number of hydrogen-bond donors (Lipinski definition) is 1. The third-order valence-electron chi connectivity index (χ3n) is 13.1. The molecule has 0 bridgehead atoms. The van der Waals surface area contributed by atoms with Gasteiger partial charge >= 0.3 is 47.8 Å². The number of cyclic esters (lactones) is 8. The van der Waals surface area contributed by atoms with Gasteiger partial charge in [-0.15, -0.1) is 6.58 Å². The van der Waals surface area contributed by atoms with Gasteiger partial charge in [0.15, 0.2) is 48.8 Å². The summed E-state index contributed by atoms with van der Waals surface area (Å²) >= 11 is 0. The van der Waals surface area contributed by atoms with Gasteiger partial charge in [0.2, 0.25) is 0 Å². The average molecular weight is 1370 g/mol. The van der Waals surface area contributed by atoms with Gasteiger partial charge in [-0.2, -0.15) is 0 Å². The standard InChI is InChI=1S/4C10H14O3.2C9H12O3.2C8H10O3/c1-4-5-12-8-6-9(11)13-10(8)7(2)3;1-4-5-7-8(11)9(6(2)3)13-10(7)12;2*1-3-5-8-9(12-6-4-2)7-10(11)13-8;2*1-3-5-11-8-6-9(10)12-7(8)4-2;2*1-3-4-10-7-5-8(9)11-6(7)2/h4,6-7,10H,1,5H2,2-3H3;4,6,9,11H,1,5H2,2-3H3;2*4,7-8H,2-3,5-6H2,1H3;2*3,6-7H,1,4-5H2,2H3;2*3,5-6H,1,4H2,2H3/t10-;9-;2*8-;2*7-;2*6-/m10101010/s1. The number of carbonyl (C=O) groups excluding carboxylic acids is 8. The molecule has 0 aromatic rings. The molecule has 1 N–H and O–H groups in total. The summed E-state index contributed by atoms with van der Waals surface area (Å²) in [6.07, 6.45) is 26.2. The molecule has 8 aliphatic rings. The molecule has 24 heteroatoms. The van der Waals surface area contributed by atoms with Gasteiger partial charge in [-0.25, -0.2) is 38.4 Å². The lowest BCUT2D eigenvalue weighted by molar-refractivity contribution is -0.142. The number of carbonyl (C=O) groups is 8. The number of aliphatic hydroxyl groups excluding tert-OH is 1. The van der Waals surface area contributed by atoms with Crippen molar-refractivity contribution in [2.75, 3.05) is 46.2 Å². The Bertz CT molecular complexity index is 2850. The van der Waals surface area contributed by atoms with Crippen LogP contribution in [0.15, 0.2) is 195 Å². The van der Waals surface area contributed by atoms with Crippen LogP contribution in [0.2, 0.25) is 0 Å². The molecule has 8 heterocycles. The van der Waals surface area contributed by atoms with E-state index in [1.807, 2.05) is 55.4 Å². The van der Waals surface area contributed by atoms with Crippen LogP contribution in [-0.2, 0) is 109 Å². The van der Waals surface area contributed by atoms with E-state index < -0.39 is 12.1 Å². The maximum atomic E-state index is 11.2. The first-order valence-corrected chi connectivity index (χ1v) is 32.2. The van der Waals surface area contributed by atoms with Crippen LogP contribution in [0.4, 0.5) is 0 Å². The average Bonchev–Trinajstić information content (AvgIpc) is 1.69. The van der Waals surface area contributed by atoms with E-state index in [1.54, 1.807) is 62.5 Å². The van der Waals surface area contributed by atoms with Crippen molar-refractivity contribution in [3.8, 4) is 0 Å². The van der Waals surface area contributed by atoms with Gasteiger partial charge in [0.05, 0.1) is 48.1 Å². The molecule has 0 unspecified atom stereocenters. The Kier molecular flexibility index (Phi) is 42.7. The van der Waals surface area contributed by atoms with Crippen LogP contribution in [0, 0.1) is 11.8 Å². The van der Waals surface area contributed by atoms with Crippen molar-refractivity contribution < 1.29 is 115 Å².